The number of esters is 1. The van der Waals surface area contributed by atoms with Crippen LogP contribution >= 0.6 is 0 Å². The molecule has 0 aliphatic rings. The van der Waals surface area contributed by atoms with Crippen molar-refractivity contribution in [1.82, 2.24) is 14.4 Å². The summed E-state index contributed by atoms with van der Waals surface area (Å²) in [5, 5.41) is 3.89. The van der Waals surface area contributed by atoms with Gasteiger partial charge in [0.25, 0.3) is 0 Å². The third kappa shape index (κ3) is 3.95. The first-order valence-electron chi connectivity index (χ1n) is 8.36. The lowest BCUT2D eigenvalue weighted by molar-refractivity contribution is 0.0599. The minimum absolute atomic E-state index is 0.0243. The van der Waals surface area contributed by atoms with E-state index >= 15 is 0 Å². The van der Waals surface area contributed by atoms with Crippen LogP contribution in [0.3, 0.4) is 0 Å². The van der Waals surface area contributed by atoms with Crippen LogP contribution in [0, 0.1) is 6.92 Å². The van der Waals surface area contributed by atoms with Crippen LogP contribution in [-0.4, -0.2) is 43.0 Å². The van der Waals surface area contributed by atoms with E-state index in [4.69, 9.17) is 9.26 Å². The third-order valence-corrected chi connectivity index (χ3v) is 5.98. The molecule has 0 radical (unpaired) electrons. The van der Waals surface area contributed by atoms with E-state index in [1.807, 2.05) is 30.3 Å². The van der Waals surface area contributed by atoms with Crippen LogP contribution in [0.2, 0.25) is 0 Å². The summed E-state index contributed by atoms with van der Waals surface area (Å²) in [6, 6.07) is 13.5. The molecule has 8 nitrogen and oxygen atoms in total. The fourth-order valence-corrected chi connectivity index (χ4v) is 3.72. The maximum Gasteiger partial charge on any atom is 0.338 e. The molecule has 0 atom stereocenters. The van der Waals surface area contributed by atoms with Gasteiger partial charge in [0.2, 0.25) is 21.7 Å². The predicted octanol–water partition coefficient (Wildman–Crippen LogP) is 2.65. The maximum absolute atomic E-state index is 12.9. The van der Waals surface area contributed by atoms with Gasteiger partial charge in [0.05, 0.1) is 24.1 Å². The van der Waals surface area contributed by atoms with Gasteiger partial charge < -0.3 is 9.26 Å². The normalized spacial score (nSPS) is 11.6. The highest BCUT2D eigenvalue weighted by atomic mass is 32.2. The van der Waals surface area contributed by atoms with Crippen molar-refractivity contribution in [2.24, 2.45) is 0 Å². The number of ether oxygens (including phenoxy) is 1. The van der Waals surface area contributed by atoms with Crippen LogP contribution in [0.15, 0.2) is 57.9 Å². The van der Waals surface area contributed by atoms with Gasteiger partial charge in [-0.25, -0.2) is 13.2 Å². The average molecular weight is 401 g/mol. The smallest absolute Gasteiger partial charge is 0.338 e. The molecular weight excluding hydrogens is 382 g/mol. The lowest BCUT2D eigenvalue weighted by Gasteiger charge is -2.16. The number of carbonyl (C=O) groups excluding carboxylic acids is 1. The van der Waals surface area contributed by atoms with Gasteiger partial charge in [0, 0.05) is 12.6 Å². The predicted molar refractivity (Wildman–Crippen MR) is 101 cm³/mol. The van der Waals surface area contributed by atoms with E-state index in [-0.39, 0.29) is 22.9 Å². The summed E-state index contributed by atoms with van der Waals surface area (Å²) in [7, 11) is -1.23. The van der Waals surface area contributed by atoms with Crippen LogP contribution in [-0.2, 0) is 21.3 Å². The van der Waals surface area contributed by atoms with E-state index in [1.165, 1.54) is 26.3 Å². The Hall–Kier alpha value is -3.04. The summed E-state index contributed by atoms with van der Waals surface area (Å²) in [4.78, 5) is 16.1. The monoisotopic (exact) mass is 401 g/mol. The quantitative estimate of drug-likeness (QED) is 0.585. The number of benzene rings is 2. The van der Waals surface area contributed by atoms with E-state index in [0.29, 0.717) is 11.4 Å². The summed E-state index contributed by atoms with van der Waals surface area (Å²) < 4.78 is 36.7. The average Bonchev–Trinajstić information content (AvgIpc) is 3.16. The number of hydrogen-bond donors (Lipinski definition) is 0. The van der Waals surface area contributed by atoms with Crippen molar-refractivity contribution in [3.8, 4) is 11.4 Å². The molecule has 0 saturated heterocycles. The van der Waals surface area contributed by atoms with Gasteiger partial charge in [-0.3, -0.25) is 0 Å². The molecule has 9 heteroatoms. The van der Waals surface area contributed by atoms with E-state index in [1.54, 1.807) is 13.0 Å². The first-order valence-corrected chi connectivity index (χ1v) is 9.80. The Kier molecular flexibility index (Phi) is 5.57. The molecule has 0 spiro atoms. The molecule has 28 heavy (non-hydrogen) atoms. The summed E-state index contributed by atoms with van der Waals surface area (Å²) >= 11 is 0. The minimum Gasteiger partial charge on any atom is -0.465 e. The lowest BCUT2D eigenvalue weighted by atomic mass is 10.1. The highest BCUT2D eigenvalue weighted by molar-refractivity contribution is 7.89. The van der Waals surface area contributed by atoms with Gasteiger partial charge in [-0.2, -0.15) is 9.29 Å². The molecule has 0 aliphatic heterocycles. The van der Waals surface area contributed by atoms with Crippen molar-refractivity contribution in [2.45, 2.75) is 18.4 Å². The Morgan fingerprint density at radius 1 is 1.18 bits per heavy atom. The van der Waals surface area contributed by atoms with Gasteiger partial charge in [0.1, 0.15) is 0 Å². The van der Waals surface area contributed by atoms with Crippen LogP contribution < -0.4 is 0 Å². The Morgan fingerprint density at radius 2 is 1.89 bits per heavy atom. The van der Waals surface area contributed by atoms with Gasteiger partial charge in [-0.05, 0) is 24.6 Å². The van der Waals surface area contributed by atoms with Crippen LogP contribution in [0.25, 0.3) is 11.4 Å². The molecule has 0 aliphatic carbocycles. The molecule has 0 bridgehead atoms. The van der Waals surface area contributed by atoms with Crippen molar-refractivity contribution < 1.29 is 22.5 Å². The summed E-state index contributed by atoms with van der Waals surface area (Å²) in [6.07, 6.45) is 0. The molecular formula is C19H19N3O5S. The number of aryl methyl sites for hydroxylation is 1. The van der Waals surface area contributed by atoms with E-state index in [2.05, 4.69) is 10.1 Å². The molecule has 2 aromatic carbocycles. The number of methoxy groups -OCH3 is 1. The van der Waals surface area contributed by atoms with Crippen molar-refractivity contribution in [3.05, 3.63) is 65.5 Å². The number of rotatable bonds is 6. The molecule has 0 unspecified atom stereocenters. The first kappa shape index (κ1) is 19.7. The zero-order chi connectivity index (χ0) is 20.3. The number of carbonyl (C=O) groups is 1. The molecule has 0 saturated carbocycles. The molecule has 3 rings (SSSR count). The molecule has 146 valence electrons. The fourth-order valence-electron chi connectivity index (χ4n) is 2.57. The standard InChI is InChI=1S/C19H19N3O5S/c1-13-9-10-15(11-16(13)19(23)26-3)28(24,25)22(2)12-17-20-18(21-27-17)14-7-5-4-6-8-14/h4-11H,12H2,1-3H3. The Bertz CT molecular complexity index is 1090. The van der Waals surface area contributed by atoms with E-state index < -0.39 is 16.0 Å². The topological polar surface area (TPSA) is 103 Å². The van der Waals surface area contributed by atoms with Crippen molar-refractivity contribution >= 4 is 16.0 Å². The zero-order valence-corrected chi connectivity index (χ0v) is 16.4. The fraction of sp³-hybridized carbons (Fsp3) is 0.211. The van der Waals surface area contributed by atoms with Gasteiger partial charge >= 0.3 is 5.97 Å². The zero-order valence-electron chi connectivity index (χ0n) is 15.6. The highest BCUT2D eigenvalue weighted by Crippen LogP contribution is 2.21. The largest absolute Gasteiger partial charge is 0.465 e. The molecule has 0 fully saturated rings. The number of sulfonamides is 1. The molecule has 1 heterocycles. The number of nitrogens with zero attached hydrogens (tertiary/aromatic N) is 3. The van der Waals surface area contributed by atoms with E-state index in [9.17, 15) is 13.2 Å². The number of aromatic nitrogens is 2. The van der Waals surface area contributed by atoms with Crippen LogP contribution in [0.1, 0.15) is 21.8 Å². The summed E-state index contributed by atoms with van der Waals surface area (Å²) in [5.41, 5.74) is 1.59. The minimum atomic E-state index is -3.88. The molecule has 0 amide bonds. The summed E-state index contributed by atoms with van der Waals surface area (Å²) in [6.45, 7) is 1.60. The molecule has 1 aromatic heterocycles. The molecule has 3 aromatic rings. The van der Waals surface area contributed by atoms with Crippen LogP contribution in [0.5, 0.6) is 0 Å². The van der Waals surface area contributed by atoms with E-state index in [0.717, 1.165) is 9.87 Å². The Balaban J connectivity index is 1.83. The second-order valence-electron chi connectivity index (χ2n) is 6.11. The second-order valence-corrected chi connectivity index (χ2v) is 8.15. The third-order valence-electron chi connectivity index (χ3n) is 4.18. The van der Waals surface area contributed by atoms with Gasteiger partial charge in [0.15, 0.2) is 0 Å². The SMILES string of the molecule is COC(=O)c1cc(S(=O)(=O)N(C)Cc2nc(-c3ccccc3)no2)ccc1C. The Labute approximate surface area is 162 Å². The number of hydrogen-bond acceptors (Lipinski definition) is 7. The van der Waals surface area contributed by atoms with Crippen molar-refractivity contribution in [2.75, 3.05) is 14.2 Å². The van der Waals surface area contributed by atoms with Gasteiger partial charge in [-0.1, -0.05) is 41.6 Å². The Morgan fingerprint density at radius 3 is 2.57 bits per heavy atom. The second kappa shape index (κ2) is 7.91. The van der Waals surface area contributed by atoms with Crippen molar-refractivity contribution in [1.29, 1.82) is 0 Å². The maximum atomic E-state index is 12.9. The van der Waals surface area contributed by atoms with Crippen molar-refractivity contribution in [3.63, 3.8) is 0 Å². The first-order chi connectivity index (χ1) is 13.3. The summed E-state index contributed by atoms with van der Waals surface area (Å²) in [5.74, 6) is -0.0588. The molecule has 0 N–H and O–H groups in total. The van der Waals surface area contributed by atoms with Crippen LogP contribution in [0.4, 0.5) is 0 Å². The lowest BCUT2D eigenvalue weighted by Crippen LogP contribution is -2.27. The highest BCUT2D eigenvalue weighted by Gasteiger charge is 2.25. The van der Waals surface area contributed by atoms with Gasteiger partial charge in [-0.15, -0.1) is 0 Å².